The van der Waals surface area contributed by atoms with Gasteiger partial charge >= 0.3 is 0 Å². The number of rotatable bonds is 6. The van der Waals surface area contributed by atoms with Gasteiger partial charge in [0.05, 0.1) is 6.42 Å². The van der Waals surface area contributed by atoms with E-state index in [2.05, 4.69) is 5.32 Å². The molecule has 6 heteroatoms. The Labute approximate surface area is 151 Å². The average molecular weight is 363 g/mol. The lowest BCUT2D eigenvalue weighted by molar-refractivity contribution is -0.139. The van der Waals surface area contributed by atoms with Crippen LogP contribution in [0.25, 0.3) is 0 Å². The molecule has 0 aliphatic carbocycles. The highest BCUT2D eigenvalue weighted by atomic mass is 35.5. The highest BCUT2D eigenvalue weighted by Gasteiger charge is 2.25. The van der Waals surface area contributed by atoms with Crippen molar-refractivity contribution in [1.29, 1.82) is 0 Å². The molecule has 0 unspecified atom stereocenters. The lowest BCUT2D eigenvalue weighted by atomic mass is 10.1. The quantitative estimate of drug-likeness (QED) is 0.858. The molecule has 2 aromatic carbocycles. The Bertz CT molecular complexity index is 732. The number of nitrogens with one attached hydrogen (secondary N) is 1. The van der Waals surface area contributed by atoms with Crippen LogP contribution in [-0.2, 0) is 22.6 Å². The normalized spacial score (nSPS) is 11.7. The minimum atomic E-state index is -0.631. The van der Waals surface area contributed by atoms with E-state index >= 15 is 0 Å². The van der Waals surface area contributed by atoms with Gasteiger partial charge in [-0.1, -0.05) is 35.9 Å². The maximum atomic E-state index is 13.0. The van der Waals surface area contributed by atoms with Crippen molar-refractivity contribution in [3.8, 4) is 0 Å². The summed E-state index contributed by atoms with van der Waals surface area (Å²) in [5.41, 5.74) is 1.56. The SMILES string of the molecule is CNC(=O)[C@H](C)N(Cc1ccc(Cl)cc1)C(=O)Cc1ccc(F)cc1. The third kappa shape index (κ3) is 5.29. The van der Waals surface area contributed by atoms with Gasteiger partial charge in [-0.05, 0) is 42.3 Å². The molecule has 0 radical (unpaired) electrons. The van der Waals surface area contributed by atoms with Crippen LogP contribution >= 0.6 is 11.6 Å². The molecular weight excluding hydrogens is 343 g/mol. The molecule has 2 amide bonds. The van der Waals surface area contributed by atoms with Crippen molar-refractivity contribution in [3.05, 3.63) is 70.5 Å². The molecule has 0 saturated heterocycles. The van der Waals surface area contributed by atoms with E-state index in [-0.39, 0.29) is 30.6 Å². The molecule has 0 heterocycles. The summed E-state index contributed by atoms with van der Waals surface area (Å²) in [6, 6.07) is 12.2. The summed E-state index contributed by atoms with van der Waals surface area (Å²) in [6.07, 6.45) is 0.0925. The molecule has 132 valence electrons. The van der Waals surface area contributed by atoms with Gasteiger partial charge < -0.3 is 10.2 Å². The van der Waals surface area contributed by atoms with Crippen LogP contribution in [0.15, 0.2) is 48.5 Å². The molecule has 0 saturated carbocycles. The molecule has 2 rings (SSSR count). The second-order valence-corrected chi connectivity index (χ2v) is 6.18. The maximum absolute atomic E-state index is 13.0. The van der Waals surface area contributed by atoms with Gasteiger partial charge in [0, 0.05) is 18.6 Å². The summed E-state index contributed by atoms with van der Waals surface area (Å²) in [5.74, 6) is -0.813. The Kier molecular flexibility index (Phi) is 6.53. The number of hydrogen-bond acceptors (Lipinski definition) is 2. The van der Waals surface area contributed by atoms with Crippen molar-refractivity contribution in [2.45, 2.75) is 25.9 Å². The summed E-state index contributed by atoms with van der Waals surface area (Å²) in [4.78, 5) is 26.3. The number of benzene rings is 2. The fourth-order valence-electron chi connectivity index (χ4n) is 2.46. The van der Waals surface area contributed by atoms with E-state index in [1.807, 2.05) is 12.1 Å². The summed E-state index contributed by atoms with van der Waals surface area (Å²) < 4.78 is 13.0. The van der Waals surface area contributed by atoms with Crippen molar-refractivity contribution < 1.29 is 14.0 Å². The maximum Gasteiger partial charge on any atom is 0.242 e. The van der Waals surface area contributed by atoms with Gasteiger partial charge in [-0.15, -0.1) is 0 Å². The van der Waals surface area contributed by atoms with Crippen LogP contribution < -0.4 is 5.32 Å². The molecule has 1 atom stereocenters. The van der Waals surface area contributed by atoms with Gasteiger partial charge in [-0.25, -0.2) is 4.39 Å². The Morgan fingerprint density at radius 1 is 1.08 bits per heavy atom. The van der Waals surface area contributed by atoms with E-state index in [4.69, 9.17) is 11.6 Å². The molecule has 2 aromatic rings. The van der Waals surface area contributed by atoms with Gasteiger partial charge in [0.2, 0.25) is 11.8 Å². The van der Waals surface area contributed by atoms with Crippen molar-refractivity contribution in [1.82, 2.24) is 10.2 Å². The fourth-order valence-corrected chi connectivity index (χ4v) is 2.58. The van der Waals surface area contributed by atoms with E-state index in [9.17, 15) is 14.0 Å². The topological polar surface area (TPSA) is 49.4 Å². The molecule has 0 fully saturated rings. The predicted molar refractivity (Wildman–Crippen MR) is 95.6 cm³/mol. The molecule has 4 nitrogen and oxygen atoms in total. The monoisotopic (exact) mass is 362 g/mol. The first-order valence-corrected chi connectivity index (χ1v) is 8.28. The second-order valence-electron chi connectivity index (χ2n) is 5.74. The largest absolute Gasteiger partial charge is 0.357 e. The van der Waals surface area contributed by atoms with Crippen molar-refractivity contribution >= 4 is 23.4 Å². The predicted octanol–water partition coefficient (Wildman–Crippen LogP) is 3.18. The van der Waals surface area contributed by atoms with Crippen LogP contribution in [0.3, 0.4) is 0 Å². The second kappa shape index (κ2) is 8.62. The highest BCUT2D eigenvalue weighted by molar-refractivity contribution is 6.30. The molecule has 0 spiro atoms. The number of hydrogen-bond donors (Lipinski definition) is 1. The first-order chi connectivity index (χ1) is 11.9. The van der Waals surface area contributed by atoms with E-state index in [1.165, 1.54) is 24.1 Å². The van der Waals surface area contributed by atoms with E-state index < -0.39 is 6.04 Å². The fraction of sp³-hybridized carbons (Fsp3) is 0.263. The molecule has 0 bridgehead atoms. The summed E-state index contributed by atoms with van der Waals surface area (Å²) in [7, 11) is 1.53. The molecule has 0 aliphatic heterocycles. The van der Waals surface area contributed by atoms with Crippen molar-refractivity contribution in [2.24, 2.45) is 0 Å². The zero-order chi connectivity index (χ0) is 18.4. The lowest BCUT2D eigenvalue weighted by Crippen LogP contribution is -2.47. The Balaban J connectivity index is 2.20. The first kappa shape index (κ1) is 18.9. The van der Waals surface area contributed by atoms with Gasteiger partial charge in [0.1, 0.15) is 11.9 Å². The van der Waals surface area contributed by atoms with Gasteiger partial charge in [0.25, 0.3) is 0 Å². The number of halogens is 2. The Hall–Kier alpha value is -2.40. The summed E-state index contributed by atoms with van der Waals surface area (Å²) in [6.45, 7) is 1.96. The van der Waals surface area contributed by atoms with Crippen LogP contribution in [0, 0.1) is 5.82 Å². The van der Waals surface area contributed by atoms with Gasteiger partial charge in [-0.2, -0.15) is 0 Å². The standard InChI is InChI=1S/C19H20ClFN2O2/c1-13(19(25)22-2)23(12-15-3-7-16(20)8-4-15)18(24)11-14-5-9-17(21)10-6-14/h3-10,13H,11-12H2,1-2H3,(H,22,25)/t13-/m0/s1. The minimum absolute atomic E-state index is 0.0925. The Morgan fingerprint density at radius 3 is 2.20 bits per heavy atom. The minimum Gasteiger partial charge on any atom is -0.357 e. The van der Waals surface area contributed by atoms with Crippen LogP contribution in [-0.4, -0.2) is 29.8 Å². The molecule has 1 N–H and O–H groups in total. The van der Waals surface area contributed by atoms with Gasteiger partial charge in [-0.3, -0.25) is 9.59 Å². The number of carbonyl (C=O) groups excluding carboxylic acids is 2. The zero-order valence-corrected chi connectivity index (χ0v) is 14.9. The first-order valence-electron chi connectivity index (χ1n) is 7.90. The summed E-state index contributed by atoms with van der Waals surface area (Å²) in [5, 5.41) is 3.17. The summed E-state index contributed by atoms with van der Waals surface area (Å²) >= 11 is 5.89. The zero-order valence-electron chi connectivity index (χ0n) is 14.1. The molecular formula is C19H20ClFN2O2. The third-order valence-corrected chi connectivity index (χ3v) is 4.20. The molecule has 0 aromatic heterocycles. The average Bonchev–Trinajstić information content (AvgIpc) is 2.61. The third-order valence-electron chi connectivity index (χ3n) is 3.95. The smallest absolute Gasteiger partial charge is 0.242 e. The van der Waals surface area contributed by atoms with Crippen molar-refractivity contribution in [3.63, 3.8) is 0 Å². The molecule has 25 heavy (non-hydrogen) atoms. The van der Waals surface area contributed by atoms with Crippen molar-refractivity contribution in [2.75, 3.05) is 7.05 Å². The highest BCUT2D eigenvalue weighted by Crippen LogP contribution is 2.15. The van der Waals surface area contributed by atoms with Gasteiger partial charge in [0.15, 0.2) is 0 Å². The lowest BCUT2D eigenvalue weighted by Gasteiger charge is -2.28. The number of amides is 2. The number of nitrogens with zero attached hydrogens (tertiary/aromatic N) is 1. The molecule has 0 aliphatic rings. The van der Waals surface area contributed by atoms with E-state index in [0.717, 1.165) is 5.56 Å². The number of carbonyl (C=O) groups is 2. The van der Waals surface area contributed by atoms with Crippen LogP contribution in [0.4, 0.5) is 4.39 Å². The van der Waals surface area contributed by atoms with E-state index in [0.29, 0.717) is 10.6 Å². The Morgan fingerprint density at radius 2 is 1.64 bits per heavy atom. The van der Waals surface area contributed by atoms with Crippen LogP contribution in [0.2, 0.25) is 5.02 Å². The van der Waals surface area contributed by atoms with E-state index in [1.54, 1.807) is 31.2 Å². The van der Waals surface area contributed by atoms with Crippen LogP contribution in [0.5, 0.6) is 0 Å². The number of likely N-dealkylation sites (N-methyl/N-ethyl adjacent to an activating group) is 1. The van der Waals surface area contributed by atoms with Crippen LogP contribution in [0.1, 0.15) is 18.1 Å².